The van der Waals surface area contributed by atoms with E-state index >= 15 is 0 Å². The lowest BCUT2D eigenvalue weighted by Gasteiger charge is -2.37. The quantitative estimate of drug-likeness (QED) is 0.305. The molecule has 0 spiro atoms. The summed E-state index contributed by atoms with van der Waals surface area (Å²) < 4.78 is 4.69. The summed E-state index contributed by atoms with van der Waals surface area (Å²) >= 11 is 3.87. The third-order valence-corrected chi connectivity index (χ3v) is 2.48. The van der Waals surface area contributed by atoms with Gasteiger partial charge in [0.1, 0.15) is 12.2 Å². The van der Waals surface area contributed by atoms with E-state index < -0.39 is 36.5 Å². The van der Waals surface area contributed by atoms with Crippen LogP contribution in [-0.2, 0) is 4.74 Å². The van der Waals surface area contributed by atoms with Crippen LogP contribution in [0.3, 0.4) is 0 Å². The van der Waals surface area contributed by atoms with Gasteiger partial charge in [-0.05, 0) is 0 Å². The number of aliphatic hydroxyl groups excluding tert-OH is 4. The molecule has 1 saturated heterocycles. The molecule has 0 saturated carbocycles. The fraction of sp³-hybridized carbons (Fsp3) is 1.00. The van der Waals surface area contributed by atoms with E-state index in [9.17, 15) is 5.11 Å². The van der Waals surface area contributed by atoms with Crippen molar-refractivity contribution in [3.05, 3.63) is 0 Å². The summed E-state index contributed by atoms with van der Waals surface area (Å²) in [5.74, 6) is 0. The second kappa shape index (κ2) is 3.91. The van der Waals surface area contributed by atoms with E-state index in [1.807, 2.05) is 0 Å². The molecule has 12 heavy (non-hydrogen) atoms. The molecule has 0 radical (unpaired) electrons. The number of hydrogen-bond donors (Lipinski definition) is 5. The normalized spacial score (nSPS) is 49.2. The highest BCUT2D eigenvalue weighted by Gasteiger charge is 2.41. The van der Waals surface area contributed by atoms with Crippen molar-refractivity contribution in [2.45, 2.75) is 29.9 Å². The summed E-state index contributed by atoms with van der Waals surface area (Å²) in [4.78, 5) is 0. The van der Waals surface area contributed by atoms with Gasteiger partial charge in [-0.2, -0.15) is 12.6 Å². The molecule has 1 heterocycles. The van der Waals surface area contributed by atoms with Crippen LogP contribution in [0, 0.1) is 0 Å². The van der Waals surface area contributed by atoms with Crippen LogP contribution in [-0.4, -0.2) is 56.9 Å². The first-order chi connectivity index (χ1) is 5.57. The van der Waals surface area contributed by atoms with Gasteiger partial charge in [0.05, 0.1) is 18.0 Å². The Bertz CT molecular complexity index is 150. The lowest BCUT2D eigenvalue weighted by atomic mass is 10.0. The Balaban J connectivity index is 2.63. The van der Waals surface area contributed by atoms with E-state index in [0.29, 0.717) is 0 Å². The molecule has 0 aromatic heterocycles. The van der Waals surface area contributed by atoms with Crippen molar-refractivity contribution in [1.29, 1.82) is 0 Å². The molecule has 0 aromatic rings. The van der Waals surface area contributed by atoms with Crippen molar-refractivity contribution in [3.8, 4) is 0 Å². The predicted molar refractivity (Wildman–Crippen MR) is 42.8 cm³/mol. The summed E-state index contributed by atoms with van der Waals surface area (Å²) in [7, 11) is 0. The van der Waals surface area contributed by atoms with Crippen LogP contribution in [0.4, 0.5) is 0 Å². The maximum Gasteiger partial charge on any atom is 0.182 e. The Labute approximate surface area is 75.0 Å². The van der Waals surface area contributed by atoms with E-state index in [2.05, 4.69) is 17.4 Å². The molecule has 0 bridgehead atoms. The smallest absolute Gasteiger partial charge is 0.182 e. The van der Waals surface area contributed by atoms with Gasteiger partial charge in [-0.15, -0.1) is 0 Å². The number of aliphatic hydroxyl groups is 4. The summed E-state index contributed by atoms with van der Waals surface area (Å²) in [6, 6.07) is 0. The average Bonchev–Trinajstić information content (AvgIpc) is 2.08. The summed E-state index contributed by atoms with van der Waals surface area (Å²) in [5, 5.41) is 35.3. The lowest BCUT2D eigenvalue weighted by Crippen LogP contribution is -2.56. The zero-order valence-electron chi connectivity index (χ0n) is 6.24. The largest absolute Gasteiger partial charge is 0.394 e. The third-order valence-electron chi connectivity index (χ3n) is 1.87. The van der Waals surface area contributed by atoms with Gasteiger partial charge in [-0.3, -0.25) is 0 Å². The van der Waals surface area contributed by atoms with Gasteiger partial charge in [0.2, 0.25) is 0 Å². The summed E-state index contributed by atoms with van der Waals surface area (Å²) in [6.45, 7) is -0.415. The van der Waals surface area contributed by atoms with E-state index in [0.717, 1.165) is 0 Å². The van der Waals surface area contributed by atoms with Crippen LogP contribution in [0.15, 0.2) is 0 Å². The fourth-order valence-electron chi connectivity index (χ4n) is 1.08. The van der Waals surface area contributed by atoms with Crippen molar-refractivity contribution >= 4 is 12.6 Å². The highest BCUT2D eigenvalue weighted by Crippen LogP contribution is 2.23. The lowest BCUT2D eigenvalue weighted by molar-refractivity contribution is -0.247. The molecule has 1 fully saturated rings. The highest BCUT2D eigenvalue weighted by molar-refractivity contribution is 7.81. The molecule has 72 valence electrons. The molecule has 5 nitrogen and oxygen atoms in total. The molecule has 6 heteroatoms. The minimum Gasteiger partial charge on any atom is -0.394 e. The topological polar surface area (TPSA) is 90.2 Å². The summed E-state index contributed by atoms with van der Waals surface area (Å²) in [6.07, 6.45) is -4.58. The van der Waals surface area contributed by atoms with Crippen molar-refractivity contribution in [1.82, 2.24) is 0 Å². The SMILES string of the molecule is OC[C@@H]1O[C@@H](O)[C@@H](O)[C@@H](S)[C@@H]1O. The van der Waals surface area contributed by atoms with Gasteiger partial charge in [0.15, 0.2) is 6.29 Å². The first kappa shape index (κ1) is 10.2. The van der Waals surface area contributed by atoms with Crippen molar-refractivity contribution < 1.29 is 25.2 Å². The van der Waals surface area contributed by atoms with Crippen LogP contribution in [0.2, 0.25) is 0 Å². The molecule has 1 aliphatic rings. The van der Waals surface area contributed by atoms with Gasteiger partial charge in [-0.25, -0.2) is 0 Å². The molecule has 0 amide bonds. The van der Waals surface area contributed by atoms with E-state index in [1.54, 1.807) is 0 Å². The molecule has 0 aliphatic carbocycles. The summed E-state index contributed by atoms with van der Waals surface area (Å²) in [5.41, 5.74) is 0. The number of thiol groups is 1. The Morgan fingerprint density at radius 3 is 2.25 bits per heavy atom. The van der Waals surface area contributed by atoms with Crippen LogP contribution in [0.5, 0.6) is 0 Å². The van der Waals surface area contributed by atoms with Crippen molar-refractivity contribution in [2.24, 2.45) is 0 Å². The molecule has 1 rings (SSSR count). The third kappa shape index (κ3) is 1.73. The minimum absolute atomic E-state index is 0.415. The van der Waals surface area contributed by atoms with Crippen molar-refractivity contribution in [3.63, 3.8) is 0 Å². The first-order valence-corrected chi connectivity index (χ1v) is 4.08. The zero-order valence-corrected chi connectivity index (χ0v) is 7.13. The molecule has 0 unspecified atom stereocenters. The average molecular weight is 196 g/mol. The molecular formula is C6H12O5S. The Morgan fingerprint density at radius 2 is 1.75 bits per heavy atom. The fourth-order valence-corrected chi connectivity index (χ4v) is 1.42. The van der Waals surface area contributed by atoms with E-state index in [-0.39, 0.29) is 0 Å². The van der Waals surface area contributed by atoms with Crippen LogP contribution in [0.25, 0.3) is 0 Å². The van der Waals surface area contributed by atoms with Gasteiger partial charge < -0.3 is 25.2 Å². The van der Waals surface area contributed by atoms with Gasteiger partial charge in [0.25, 0.3) is 0 Å². The Kier molecular flexibility index (Phi) is 3.33. The minimum atomic E-state index is -1.40. The number of rotatable bonds is 1. The predicted octanol–water partition coefficient (Wildman–Crippen LogP) is -2.28. The van der Waals surface area contributed by atoms with Crippen molar-refractivity contribution in [2.75, 3.05) is 6.61 Å². The van der Waals surface area contributed by atoms with Crippen LogP contribution in [0.1, 0.15) is 0 Å². The monoisotopic (exact) mass is 196 g/mol. The first-order valence-electron chi connectivity index (χ1n) is 3.56. The molecule has 0 aromatic carbocycles. The second-order valence-corrected chi connectivity index (χ2v) is 3.32. The molecular weight excluding hydrogens is 184 g/mol. The molecule has 4 N–H and O–H groups in total. The van der Waals surface area contributed by atoms with Gasteiger partial charge in [0, 0.05) is 0 Å². The maximum atomic E-state index is 9.29. The van der Waals surface area contributed by atoms with Gasteiger partial charge >= 0.3 is 0 Å². The number of hydrogen-bond acceptors (Lipinski definition) is 6. The van der Waals surface area contributed by atoms with E-state index in [1.165, 1.54) is 0 Å². The van der Waals surface area contributed by atoms with Crippen LogP contribution >= 0.6 is 12.6 Å². The van der Waals surface area contributed by atoms with Gasteiger partial charge in [-0.1, -0.05) is 0 Å². The van der Waals surface area contributed by atoms with E-state index in [4.69, 9.17) is 15.3 Å². The maximum absolute atomic E-state index is 9.29. The Hall–Kier alpha value is 0.150. The second-order valence-electron chi connectivity index (χ2n) is 2.72. The zero-order chi connectivity index (χ0) is 9.30. The molecule has 5 atom stereocenters. The molecule has 1 aliphatic heterocycles. The standard InChI is InChI=1S/C6H12O5S/c7-1-2-3(8)5(12)4(9)6(10)11-2/h2-10,12H,1H2/t2-,3+,4-,5-,6+/m0/s1. The Morgan fingerprint density at radius 1 is 1.17 bits per heavy atom. The van der Waals surface area contributed by atoms with Crippen LogP contribution < -0.4 is 0 Å². The highest BCUT2D eigenvalue weighted by atomic mass is 32.1. The number of ether oxygens (including phenoxy) is 1.